The van der Waals surface area contributed by atoms with Crippen LogP contribution >= 0.6 is 15.9 Å². The fraction of sp³-hybridized carbons (Fsp3) is 0.625. The van der Waals surface area contributed by atoms with Crippen LogP contribution in [0.15, 0.2) is 22.7 Å². The Kier molecular flexibility index (Phi) is 4.90. The maximum Gasteiger partial charge on any atom is 0.0757 e. The van der Waals surface area contributed by atoms with Crippen molar-refractivity contribution >= 4 is 15.9 Å². The molecule has 0 bridgehead atoms. The molecule has 1 aliphatic heterocycles. The average molecular weight is 341 g/mol. The molecule has 2 atom stereocenters. The quantitative estimate of drug-likeness (QED) is 0.917. The molecule has 1 heterocycles. The van der Waals surface area contributed by atoms with Gasteiger partial charge >= 0.3 is 0 Å². The van der Waals surface area contributed by atoms with E-state index in [0.29, 0.717) is 6.54 Å². The predicted molar refractivity (Wildman–Crippen MR) is 86.9 cm³/mol. The van der Waals surface area contributed by atoms with Gasteiger partial charge in [-0.3, -0.25) is 4.90 Å². The van der Waals surface area contributed by atoms with Crippen LogP contribution in [0.1, 0.15) is 37.9 Å². The topological polar surface area (TPSA) is 38.5 Å². The molecule has 0 amide bonds. The van der Waals surface area contributed by atoms with E-state index >= 15 is 0 Å². The first kappa shape index (κ1) is 16.0. The summed E-state index contributed by atoms with van der Waals surface area (Å²) in [5.74, 6) is 0. The number of ether oxygens (including phenoxy) is 1. The van der Waals surface area contributed by atoms with Gasteiger partial charge in [-0.25, -0.2) is 0 Å². The summed E-state index contributed by atoms with van der Waals surface area (Å²) in [6.07, 6.45) is 0.240. The molecule has 4 heteroatoms. The molecular weight excluding hydrogens is 316 g/mol. The van der Waals surface area contributed by atoms with Crippen LogP contribution in [0.4, 0.5) is 0 Å². The second-order valence-corrected chi connectivity index (χ2v) is 7.23. The molecule has 112 valence electrons. The highest BCUT2D eigenvalue weighted by Crippen LogP contribution is 2.30. The molecule has 0 aromatic heterocycles. The van der Waals surface area contributed by atoms with Gasteiger partial charge in [-0.15, -0.1) is 0 Å². The highest BCUT2D eigenvalue weighted by molar-refractivity contribution is 9.10. The lowest BCUT2D eigenvalue weighted by Gasteiger charge is -2.45. The van der Waals surface area contributed by atoms with Gasteiger partial charge < -0.3 is 10.5 Å². The molecule has 1 aromatic rings. The van der Waals surface area contributed by atoms with Crippen LogP contribution in [-0.2, 0) is 4.74 Å². The summed E-state index contributed by atoms with van der Waals surface area (Å²) in [6, 6.07) is 6.77. The molecule has 1 saturated heterocycles. The molecule has 2 rings (SSSR count). The number of nitrogens with zero attached hydrogens (tertiary/aromatic N) is 1. The second kappa shape index (κ2) is 6.14. The van der Waals surface area contributed by atoms with Crippen LogP contribution in [0.25, 0.3) is 0 Å². The fourth-order valence-corrected chi connectivity index (χ4v) is 3.36. The first-order chi connectivity index (χ1) is 9.32. The normalized spacial score (nSPS) is 24.6. The Labute approximate surface area is 130 Å². The minimum atomic E-state index is -0.116. The number of morpholine rings is 1. The molecule has 1 aromatic carbocycles. The summed E-state index contributed by atoms with van der Waals surface area (Å²) in [4.78, 5) is 2.46. The molecule has 0 aliphatic carbocycles. The average Bonchev–Trinajstić information content (AvgIpc) is 2.32. The van der Waals surface area contributed by atoms with Gasteiger partial charge in [0.2, 0.25) is 0 Å². The third kappa shape index (κ3) is 3.61. The molecule has 0 radical (unpaired) electrons. The number of benzene rings is 1. The Morgan fingerprint density at radius 2 is 2.20 bits per heavy atom. The van der Waals surface area contributed by atoms with Crippen LogP contribution in [-0.4, -0.2) is 36.2 Å². The van der Waals surface area contributed by atoms with E-state index in [1.54, 1.807) is 0 Å². The van der Waals surface area contributed by atoms with E-state index in [1.165, 1.54) is 11.1 Å². The summed E-state index contributed by atoms with van der Waals surface area (Å²) in [5, 5.41) is 0. The van der Waals surface area contributed by atoms with E-state index in [1.807, 2.05) is 0 Å². The van der Waals surface area contributed by atoms with Crippen molar-refractivity contribution in [2.45, 2.75) is 45.4 Å². The number of aryl methyl sites for hydroxylation is 1. The summed E-state index contributed by atoms with van der Waals surface area (Å²) in [7, 11) is 0. The van der Waals surface area contributed by atoms with Crippen molar-refractivity contribution in [1.82, 2.24) is 4.90 Å². The first-order valence-corrected chi connectivity index (χ1v) is 7.99. The summed E-state index contributed by atoms with van der Waals surface area (Å²) < 4.78 is 7.13. The van der Waals surface area contributed by atoms with Gasteiger partial charge in [-0.2, -0.15) is 0 Å². The zero-order chi connectivity index (χ0) is 14.9. The number of nitrogens with two attached hydrogens (primary N) is 1. The van der Waals surface area contributed by atoms with Crippen LogP contribution < -0.4 is 5.73 Å². The smallest absolute Gasteiger partial charge is 0.0757 e. The third-order valence-electron chi connectivity index (χ3n) is 3.83. The molecular formula is C16H25BrN2O. The van der Waals surface area contributed by atoms with Gasteiger partial charge in [0.1, 0.15) is 0 Å². The standard InChI is InChI=1S/C16H25BrN2O/c1-11-7-13(5-6-14(11)17)15(8-18)19-9-12(2)20-16(3,4)10-19/h5-7,12,15H,8-10,18H2,1-4H3. The Morgan fingerprint density at radius 1 is 1.50 bits per heavy atom. The molecule has 0 saturated carbocycles. The molecule has 3 nitrogen and oxygen atoms in total. The van der Waals surface area contributed by atoms with Crippen LogP contribution in [0, 0.1) is 6.92 Å². The summed E-state index contributed by atoms with van der Waals surface area (Å²) in [5.41, 5.74) is 8.49. The van der Waals surface area contributed by atoms with Crippen LogP contribution in [0.2, 0.25) is 0 Å². The minimum Gasteiger partial charge on any atom is -0.370 e. The van der Waals surface area contributed by atoms with Crippen molar-refractivity contribution in [2.24, 2.45) is 5.73 Å². The lowest BCUT2D eigenvalue weighted by molar-refractivity contribution is -0.137. The van der Waals surface area contributed by atoms with Gasteiger partial charge in [0.25, 0.3) is 0 Å². The van der Waals surface area contributed by atoms with Crippen LogP contribution in [0.5, 0.6) is 0 Å². The van der Waals surface area contributed by atoms with Gasteiger partial charge in [0.05, 0.1) is 11.7 Å². The van der Waals surface area contributed by atoms with E-state index in [9.17, 15) is 0 Å². The van der Waals surface area contributed by atoms with Gasteiger partial charge in [-0.1, -0.05) is 28.1 Å². The number of halogens is 1. The molecule has 0 spiro atoms. The van der Waals surface area contributed by atoms with Gasteiger partial charge in [0, 0.05) is 30.1 Å². The number of rotatable bonds is 3. The Bertz CT molecular complexity index is 476. The third-order valence-corrected chi connectivity index (χ3v) is 4.72. The van der Waals surface area contributed by atoms with E-state index in [0.717, 1.165) is 17.6 Å². The lowest BCUT2D eigenvalue weighted by atomic mass is 9.98. The van der Waals surface area contributed by atoms with Crippen molar-refractivity contribution < 1.29 is 4.74 Å². The fourth-order valence-electron chi connectivity index (χ4n) is 3.11. The minimum absolute atomic E-state index is 0.116. The molecule has 1 aliphatic rings. The maximum absolute atomic E-state index is 6.06. The number of hydrogen-bond donors (Lipinski definition) is 1. The largest absolute Gasteiger partial charge is 0.370 e. The SMILES string of the molecule is Cc1cc(C(CN)N2CC(C)OC(C)(C)C2)ccc1Br. The first-order valence-electron chi connectivity index (χ1n) is 7.20. The highest BCUT2D eigenvalue weighted by Gasteiger charge is 2.34. The summed E-state index contributed by atoms with van der Waals surface area (Å²) >= 11 is 3.56. The monoisotopic (exact) mass is 340 g/mol. The maximum atomic E-state index is 6.06. The van der Waals surface area contributed by atoms with Crippen molar-refractivity contribution in [3.63, 3.8) is 0 Å². The zero-order valence-corrected chi connectivity index (χ0v) is 14.4. The van der Waals surface area contributed by atoms with Crippen molar-refractivity contribution in [3.8, 4) is 0 Å². The zero-order valence-electron chi connectivity index (χ0n) is 12.8. The van der Waals surface area contributed by atoms with E-state index in [-0.39, 0.29) is 17.7 Å². The van der Waals surface area contributed by atoms with Crippen LogP contribution in [0.3, 0.4) is 0 Å². The van der Waals surface area contributed by atoms with E-state index in [2.05, 4.69) is 66.7 Å². The van der Waals surface area contributed by atoms with Gasteiger partial charge in [0.15, 0.2) is 0 Å². The second-order valence-electron chi connectivity index (χ2n) is 6.38. The predicted octanol–water partition coefficient (Wildman–Crippen LogP) is 3.26. The molecule has 2 unspecified atom stereocenters. The number of hydrogen-bond acceptors (Lipinski definition) is 3. The Hall–Kier alpha value is -0.420. The Morgan fingerprint density at radius 3 is 2.75 bits per heavy atom. The molecule has 1 fully saturated rings. The molecule has 2 N–H and O–H groups in total. The van der Waals surface area contributed by atoms with Crippen molar-refractivity contribution in [1.29, 1.82) is 0 Å². The Balaban J connectivity index is 2.25. The van der Waals surface area contributed by atoms with E-state index < -0.39 is 0 Å². The summed E-state index contributed by atoms with van der Waals surface area (Å²) in [6.45, 7) is 11.0. The van der Waals surface area contributed by atoms with Gasteiger partial charge in [-0.05, 0) is 44.9 Å². The van der Waals surface area contributed by atoms with E-state index in [4.69, 9.17) is 10.5 Å². The molecule has 20 heavy (non-hydrogen) atoms. The highest BCUT2D eigenvalue weighted by atomic mass is 79.9. The van der Waals surface area contributed by atoms with Crippen molar-refractivity contribution in [2.75, 3.05) is 19.6 Å². The lowest BCUT2D eigenvalue weighted by Crippen LogP contribution is -2.53. The van der Waals surface area contributed by atoms with Crippen molar-refractivity contribution in [3.05, 3.63) is 33.8 Å².